The van der Waals surface area contributed by atoms with Gasteiger partial charge >= 0.3 is 0 Å². The van der Waals surface area contributed by atoms with E-state index in [1.807, 2.05) is 0 Å². The van der Waals surface area contributed by atoms with Crippen LogP contribution in [-0.2, 0) is 4.79 Å². The summed E-state index contributed by atoms with van der Waals surface area (Å²) in [6, 6.07) is 0.557. The van der Waals surface area contributed by atoms with E-state index in [0.29, 0.717) is 32.4 Å². The third kappa shape index (κ3) is 3.71. The maximum absolute atomic E-state index is 15.0. The SMILES string of the molecule is NC1CCN(c2c(F)cc3c(=O)c(C(=O)C(F)C(=O)C(F)F)cn(C4CC4)c3c2Cl)C1. The highest BCUT2D eigenvalue weighted by molar-refractivity contribution is 6.38. The van der Waals surface area contributed by atoms with E-state index in [1.54, 1.807) is 4.90 Å². The van der Waals surface area contributed by atoms with E-state index < -0.39 is 41.0 Å². The molecule has 2 aliphatic rings. The standard InChI is InChI=1S/C20H18ClF4N3O3/c21-13-15-10(5-12(22)16(13)27-4-3-8(26)6-27)17(29)11(7-28(15)9-1-2-9)18(30)14(23)19(31)20(24)25/h5,7-9,14,20H,1-4,6,26H2. The molecule has 1 aliphatic carbocycles. The quantitative estimate of drug-likeness (QED) is 0.408. The Bertz CT molecular complexity index is 1150. The summed E-state index contributed by atoms with van der Waals surface area (Å²) in [6.07, 6.45) is -3.91. The summed E-state index contributed by atoms with van der Waals surface area (Å²) >= 11 is 6.52. The van der Waals surface area contributed by atoms with Crippen LogP contribution in [0, 0.1) is 5.82 Å². The summed E-state index contributed by atoms with van der Waals surface area (Å²) in [5.41, 5.74) is 4.26. The molecule has 2 aromatic rings. The summed E-state index contributed by atoms with van der Waals surface area (Å²) in [7, 11) is 0. The van der Waals surface area contributed by atoms with Crippen LogP contribution in [0.3, 0.4) is 0 Å². The van der Waals surface area contributed by atoms with Crippen molar-refractivity contribution in [1.82, 2.24) is 4.57 Å². The third-order valence-electron chi connectivity index (χ3n) is 5.63. The highest BCUT2D eigenvalue weighted by Crippen LogP contribution is 2.42. The van der Waals surface area contributed by atoms with E-state index >= 15 is 0 Å². The molecule has 1 saturated heterocycles. The number of carbonyl (C=O) groups is 2. The van der Waals surface area contributed by atoms with Gasteiger partial charge in [0.1, 0.15) is 5.82 Å². The Morgan fingerprint density at radius 1 is 1.19 bits per heavy atom. The van der Waals surface area contributed by atoms with Crippen LogP contribution in [0.25, 0.3) is 10.9 Å². The Hall–Kier alpha value is -2.46. The fourth-order valence-electron chi connectivity index (χ4n) is 3.90. The van der Waals surface area contributed by atoms with E-state index in [0.717, 1.165) is 12.3 Å². The number of ketones is 2. The zero-order valence-electron chi connectivity index (χ0n) is 16.1. The van der Waals surface area contributed by atoms with Crippen molar-refractivity contribution in [1.29, 1.82) is 0 Å². The maximum Gasteiger partial charge on any atom is 0.299 e. The van der Waals surface area contributed by atoms with Crippen LogP contribution in [-0.4, -0.2) is 47.9 Å². The second-order valence-electron chi connectivity index (χ2n) is 7.85. The Kier molecular flexibility index (Phi) is 5.55. The Morgan fingerprint density at radius 2 is 1.87 bits per heavy atom. The number of fused-ring (bicyclic) bond motifs is 1. The average molecular weight is 460 g/mol. The minimum absolute atomic E-state index is 0.0486. The van der Waals surface area contributed by atoms with Crippen LogP contribution in [0.4, 0.5) is 23.2 Å². The lowest BCUT2D eigenvalue weighted by atomic mass is 10.0. The molecule has 2 unspecified atom stereocenters. The largest absolute Gasteiger partial charge is 0.366 e. The van der Waals surface area contributed by atoms with Crippen LogP contribution in [0.15, 0.2) is 17.1 Å². The minimum Gasteiger partial charge on any atom is -0.366 e. The number of carbonyl (C=O) groups excluding carboxylic acids is 2. The fraction of sp³-hybridized carbons (Fsp3) is 0.450. The molecule has 0 amide bonds. The summed E-state index contributed by atoms with van der Waals surface area (Å²) < 4.78 is 55.6. The summed E-state index contributed by atoms with van der Waals surface area (Å²) in [5, 5.41) is -0.336. The monoisotopic (exact) mass is 459 g/mol. The van der Waals surface area contributed by atoms with Crippen LogP contribution >= 0.6 is 11.6 Å². The zero-order valence-corrected chi connectivity index (χ0v) is 16.8. The molecule has 0 bridgehead atoms. The van der Waals surface area contributed by atoms with E-state index in [2.05, 4.69) is 0 Å². The molecule has 2 N–H and O–H groups in total. The molecule has 1 aromatic carbocycles. The van der Waals surface area contributed by atoms with Gasteiger partial charge in [-0.05, 0) is 25.3 Å². The first-order valence-electron chi connectivity index (χ1n) is 9.69. The van der Waals surface area contributed by atoms with E-state index in [9.17, 15) is 31.9 Å². The molecule has 1 saturated carbocycles. The molecule has 0 spiro atoms. The lowest BCUT2D eigenvalue weighted by Crippen LogP contribution is -2.34. The number of halogens is 5. The maximum atomic E-state index is 15.0. The predicted molar refractivity (Wildman–Crippen MR) is 106 cm³/mol. The number of pyridine rings is 1. The second kappa shape index (κ2) is 7.90. The predicted octanol–water partition coefficient (Wildman–Crippen LogP) is 3.02. The lowest BCUT2D eigenvalue weighted by Gasteiger charge is -2.23. The average Bonchev–Trinajstić information content (AvgIpc) is 3.48. The number of Topliss-reactive ketones (excluding diaryl/α,β-unsaturated/α-hetero) is 2. The van der Waals surface area contributed by atoms with Gasteiger partial charge in [0, 0.05) is 31.4 Å². The van der Waals surface area contributed by atoms with Crippen molar-refractivity contribution in [3.05, 3.63) is 38.9 Å². The van der Waals surface area contributed by atoms with Crippen molar-refractivity contribution in [2.75, 3.05) is 18.0 Å². The van der Waals surface area contributed by atoms with Gasteiger partial charge in [0.05, 0.1) is 27.2 Å². The van der Waals surface area contributed by atoms with Gasteiger partial charge in [0.15, 0.2) is 5.43 Å². The highest BCUT2D eigenvalue weighted by atomic mass is 35.5. The molecule has 31 heavy (non-hydrogen) atoms. The normalized spacial score (nSPS) is 20.0. The summed E-state index contributed by atoms with van der Waals surface area (Å²) in [6.45, 7) is 0.832. The number of benzene rings is 1. The van der Waals surface area contributed by atoms with Gasteiger partial charge < -0.3 is 15.2 Å². The summed E-state index contributed by atoms with van der Waals surface area (Å²) in [5.74, 6) is -4.73. The van der Waals surface area contributed by atoms with E-state index in [1.165, 1.54) is 4.57 Å². The molecular weight excluding hydrogens is 442 g/mol. The van der Waals surface area contributed by atoms with Gasteiger partial charge in [0.25, 0.3) is 6.43 Å². The molecule has 1 aromatic heterocycles. The lowest BCUT2D eigenvalue weighted by molar-refractivity contribution is -0.132. The van der Waals surface area contributed by atoms with Gasteiger partial charge in [-0.25, -0.2) is 17.6 Å². The molecule has 0 radical (unpaired) electrons. The van der Waals surface area contributed by atoms with Crippen molar-refractivity contribution in [3.8, 4) is 0 Å². The number of hydrogen-bond donors (Lipinski definition) is 1. The Balaban J connectivity index is 1.91. The van der Waals surface area contributed by atoms with E-state index in [4.69, 9.17) is 17.3 Å². The topological polar surface area (TPSA) is 85.4 Å². The number of anilines is 1. The molecule has 2 atom stereocenters. The van der Waals surface area contributed by atoms with Crippen LogP contribution in [0.5, 0.6) is 0 Å². The molecule has 4 rings (SSSR count). The van der Waals surface area contributed by atoms with E-state index in [-0.39, 0.29) is 33.7 Å². The van der Waals surface area contributed by atoms with Crippen molar-refractivity contribution in [3.63, 3.8) is 0 Å². The number of rotatable bonds is 6. The van der Waals surface area contributed by atoms with Crippen LogP contribution in [0.1, 0.15) is 35.7 Å². The molecule has 11 heteroatoms. The first-order chi connectivity index (χ1) is 14.6. The number of nitrogens with zero attached hydrogens (tertiary/aromatic N) is 2. The van der Waals surface area contributed by atoms with Crippen LogP contribution in [0.2, 0.25) is 5.02 Å². The number of hydrogen-bond acceptors (Lipinski definition) is 5. The van der Waals surface area contributed by atoms with Crippen molar-refractivity contribution in [2.45, 2.75) is 43.9 Å². The number of aromatic nitrogens is 1. The van der Waals surface area contributed by atoms with Crippen LogP contribution < -0.4 is 16.1 Å². The fourth-order valence-corrected chi connectivity index (χ4v) is 4.31. The number of nitrogens with two attached hydrogens (primary N) is 1. The molecule has 166 valence electrons. The molecule has 1 aliphatic heterocycles. The van der Waals surface area contributed by atoms with Gasteiger partial charge in [-0.2, -0.15) is 0 Å². The van der Waals surface area contributed by atoms with Gasteiger partial charge in [0.2, 0.25) is 17.7 Å². The molecule has 6 nitrogen and oxygen atoms in total. The first kappa shape index (κ1) is 21.8. The molecule has 2 heterocycles. The van der Waals surface area contributed by atoms with Crippen molar-refractivity contribution in [2.24, 2.45) is 5.73 Å². The number of alkyl halides is 3. The smallest absolute Gasteiger partial charge is 0.299 e. The Morgan fingerprint density at radius 3 is 2.42 bits per heavy atom. The van der Waals surface area contributed by atoms with Crippen molar-refractivity contribution >= 4 is 39.8 Å². The van der Waals surface area contributed by atoms with Crippen molar-refractivity contribution < 1.29 is 27.2 Å². The van der Waals surface area contributed by atoms with Gasteiger partial charge in [-0.15, -0.1) is 0 Å². The van der Waals surface area contributed by atoms with Gasteiger partial charge in [-0.3, -0.25) is 14.4 Å². The molecular formula is C20H18ClF4N3O3. The van der Waals surface area contributed by atoms with Gasteiger partial charge in [-0.1, -0.05) is 11.6 Å². The minimum atomic E-state index is -3.70. The zero-order chi connectivity index (χ0) is 22.6. The highest BCUT2D eigenvalue weighted by Gasteiger charge is 2.37. The third-order valence-corrected chi connectivity index (χ3v) is 5.98. The summed E-state index contributed by atoms with van der Waals surface area (Å²) in [4.78, 5) is 38.1. The molecule has 2 fully saturated rings. The second-order valence-corrected chi connectivity index (χ2v) is 8.23. The Labute approximate surface area is 178 Å². The first-order valence-corrected chi connectivity index (χ1v) is 10.1.